The minimum Gasteiger partial charge on any atom is -0.493 e. The van der Waals surface area contributed by atoms with Crippen molar-refractivity contribution in [3.63, 3.8) is 0 Å². The highest BCUT2D eigenvalue weighted by molar-refractivity contribution is 5.70. The zero-order chi connectivity index (χ0) is 15.1. The molecular weight excluding hydrogens is 256 g/mol. The molecule has 0 fully saturated rings. The van der Waals surface area contributed by atoms with Crippen molar-refractivity contribution in [3.8, 4) is 11.5 Å². The average Bonchev–Trinajstić information content (AvgIpc) is 2.33. The van der Waals surface area contributed by atoms with Gasteiger partial charge in [0.05, 0.1) is 19.6 Å². The molecule has 0 saturated carbocycles. The highest BCUT2D eigenvalue weighted by Crippen LogP contribution is 2.24. The second kappa shape index (κ2) is 7.78. The van der Waals surface area contributed by atoms with Crippen molar-refractivity contribution in [2.75, 3.05) is 13.2 Å². The lowest BCUT2D eigenvalue weighted by Gasteiger charge is -2.14. The van der Waals surface area contributed by atoms with E-state index in [-0.39, 0.29) is 6.42 Å². The van der Waals surface area contributed by atoms with Crippen molar-refractivity contribution in [1.82, 2.24) is 0 Å². The van der Waals surface area contributed by atoms with Crippen molar-refractivity contribution < 1.29 is 19.4 Å². The van der Waals surface area contributed by atoms with E-state index in [1.165, 1.54) is 0 Å². The maximum absolute atomic E-state index is 10.8. The van der Waals surface area contributed by atoms with Crippen molar-refractivity contribution in [1.29, 1.82) is 0 Å². The molecule has 4 heteroatoms. The Morgan fingerprint density at radius 1 is 1.00 bits per heavy atom. The first kappa shape index (κ1) is 16.3. The molecule has 0 aliphatic heterocycles. The van der Waals surface area contributed by atoms with Gasteiger partial charge in [0, 0.05) is 6.07 Å². The summed E-state index contributed by atoms with van der Waals surface area (Å²) >= 11 is 0. The van der Waals surface area contributed by atoms with E-state index in [0.717, 1.165) is 0 Å². The number of ether oxygens (including phenoxy) is 2. The van der Waals surface area contributed by atoms with Crippen LogP contribution in [0.1, 0.15) is 33.3 Å². The Morgan fingerprint density at radius 2 is 1.45 bits per heavy atom. The van der Waals surface area contributed by atoms with Crippen LogP contribution in [0.5, 0.6) is 11.5 Å². The van der Waals surface area contributed by atoms with Gasteiger partial charge in [-0.1, -0.05) is 27.7 Å². The highest BCUT2D eigenvalue weighted by Gasteiger charge is 2.08. The van der Waals surface area contributed by atoms with Crippen molar-refractivity contribution >= 4 is 5.97 Å². The van der Waals surface area contributed by atoms with Crippen LogP contribution in [-0.2, 0) is 11.2 Å². The molecule has 1 aromatic carbocycles. The van der Waals surface area contributed by atoms with Gasteiger partial charge in [-0.2, -0.15) is 0 Å². The zero-order valence-electron chi connectivity index (χ0n) is 12.7. The second-order valence-corrected chi connectivity index (χ2v) is 5.79. The molecule has 0 heterocycles. The largest absolute Gasteiger partial charge is 0.493 e. The fourth-order valence-electron chi connectivity index (χ4n) is 1.60. The molecule has 0 atom stereocenters. The number of benzene rings is 1. The van der Waals surface area contributed by atoms with E-state index in [0.29, 0.717) is 42.1 Å². The molecule has 1 N–H and O–H groups in total. The van der Waals surface area contributed by atoms with E-state index in [9.17, 15) is 4.79 Å². The molecule has 1 aromatic rings. The molecule has 0 saturated heterocycles. The van der Waals surface area contributed by atoms with Crippen molar-refractivity contribution in [3.05, 3.63) is 23.8 Å². The van der Waals surface area contributed by atoms with E-state index in [1.54, 1.807) is 12.1 Å². The predicted octanol–water partition coefficient (Wildman–Crippen LogP) is 3.38. The lowest BCUT2D eigenvalue weighted by Crippen LogP contribution is -2.08. The van der Waals surface area contributed by atoms with E-state index in [4.69, 9.17) is 14.6 Å². The minimum atomic E-state index is -0.860. The van der Waals surface area contributed by atoms with Crippen LogP contribution in [0.3, 0.4) is 0 Å². The number of hydrogen-bond acceptors (Lipinski definition) is 3. The van der Waals surface area contributed by atoms with Crippen LogP contribution >= 0.6 is 0 Å². The highest BCUT2D eigenvalue weighted by atomic mass is 16.5. The van der Waals surface area contributed by atoms with Gasteiger partial charge in [0.1, 0.15) is 11.5 Å². The van der Waals surface area contributed by atoms with Crippen LogP contribution in [0.4, 0.5) is 0 Å². The molecule has 0 aromatic heterocycles. The van der Waals surface area contributed by atoms with Gasteiger partial charge in [0.25, 0.3) is 0 Å². The monoisotopic (exact) mass is 280 g/mol. The summed E-state index contributed by atoms with van der Waals surface area (Å²) in [6.07, 6.45) is -0.0308. The summed E-state index contributed by atoms with van der Waals surface area (Å²) in [5.74, 6) is 1.30. The lowest BCUT2D eigenvalue weighted by atomic mass is 10.1. The summed E-state index contributed by atoms with van der Waals surface area (Å²) < 4.78 is 11.3. The number of carbonyl (C=O) groups is 1. The SMILES string of the molecule is CC(C)COc1cc(CC(=O)O)cc(OCC(C)C)c1. The zero-order valence-corrected chi connectivity index (χ0v) is 12.7. The van der Waals surface area contributed by atoms with E-state index >= 15 is 0 Å². The smallest absolute Gasteiger partial charge is 0.307 e. The second-order valence-electron chi connectivity index (χ2n) is 5.79. The molecule has 0 unspecified atom stereocenters. The Labute approximate surface area is 120 Å². The molecular formula is C16H24O4. The Morgan fingerprint density at radius 3 is 1.80 bits per heavy atom. The van der Waals surface area contributed by atoms with Gasteiger partial charge in [-0.3, -0.25) is 4.79 Å². The summed E-state index contributed by atoms with van der Waals surface area (Å²) in [5.41, 5.74) is 0.692. The van der Waals surface area contributed by atoms with Crippen LogP contribution in [0, 0.1) is 11.8 Å². The Balaban J connectivity index is 2.85. The third kappa shape index (κ3) is 6.45. The van der Waals surface area contributed by atoms with Gasteiger partial charge in [-0.15, -0.1) is 0 Å². The quantitative estimate of drug-likeness (QED) is 0.793. The Kier molecular flexibility index (Phi) is 6.36. The van der Waals surface area contributed by atoms with E-state index in [2.05, 4.69) is 27.7 Å². The fraction of sp³-hybridized carbons (Fsp3) is 0.562. The molecule has 20 heavy (non-hydrogen) atoms. The summed E-state index contributed by atoms with van der Waals surface area (Å²) in [6, 6.07) is 5.34. The van der Waals surface area contributed by atoms with Gasteiger partial charge in [0.15, 0.2) is 0 Å². The van der Waals surface area contributed by atoms with Crippen LogP contribution in [0.25, 0.3) is 0 Å². The summed E-state index contributed by atoms with van der Waals surface area (Å²) in [6.45, 7) is 9.46. The molecule has 0 amide bonds. The van der Waals surface area contributed by atoms with E-state index < -0.39 is 5.97 Å². The first-order valence-corrected chi connectivity index (χ1v) is 6.98. The number of carboxylic acid groups (broad SMARTS) is 1. The molecule has 112 valence electrons. The van der Waals surface area contributed by atoms with Crippen LogP contribution in [0.15, 0.2) is 18.2 Å². The van der Waals surface area contributed by atoms with Crippen molar-refractivity contribution in [2.24, 2.45) is 11.8 Å². The number of rotatable bonds is 8. The summed E-state index contributed by atoms with van der Waals surface area (Å²) in [7, 11) is 0. The number of hydrogen-bond donors (Lipinski definition) is 1. The summed E-state index contributed by atoms with van der Waals surface area (Å²) in [5, 5.41) is 8.90. The Bertz CT molecular complexity index is 408. The van der Waals surface area contributed by atoms with Crippen LogP contribution in [0.2, 0.25) is 0 Å². The molecule has 0 radical (unpaired) electrons. The molecule has 1 rings (SSSR count). The predicted molar refractivity (Wildman–Crippen MR) is 78.4 cm³/mol. The summed E-state index contributed by atoms with van der Waals surface area (Å²) in [4.78, 5) is 10.8. The minimum absolute atomic E-state index is 0.0308. The van der Waals surface area contributed by atoms with E-state index in [1.807, 2.05) is 6.07 Å². The van der Waals surface area contributed by atoms with Crippen LogP contribution in [-0.4, -0.2) is 24.3 Å². The molecule has 0 aliphatic rings. The normalized spacial score (nSPS) is 10.9. The third-order valence-electron chi connectivity index (χ3n) is 2.46. The average molecular weight is 280 g/mol. The van der Waals surface area contributed by atoms with Gasteiger partial charge in [-0.25, -0.2) is 0 Å². The standard InChI is InChI=1S/C16H24O4/c1-11(2)9-19-14-5-13(7-16(17)18)6-15(8-14)20-10-12(3)4/h5-6,8,11-12H,7,9-10H2,1-4H3,(H,17,18). The van der Waals surface area contributed by atoms with Crippen molar-refractivity contribution in [2.45, 2.75) is 34.1 Å². The Hall–Kier alpha value is -1.71. The third-order valence-corrected chi connectivity index (χ3v) is 2.46. The van der Waals surface area contributed by atoms with Gasteiger partial charge in [0.2, 0.25) is 0 Å². The maximum Gasteiger partial charge on any atom is 0.307 e. The first-order valence-electron chi connectivity index (χ1n) is 6.98. The first-order chi connectivity index (χ1) is 9.36. The molecule has 0 aliphatic carbocycles. The fourth-order valence-corrected chi connectivity index (χ4v) is 1.60. The van der Waals surface area contributed by atoms with Gasteiger partial charge in [-0.05, 0) is 29.5 Å². The van der Waals surface area contributed by atoms with Gasteiger partial charge >= 0.3 is 5.97 Å². The molecule has 0 bridgehead atoms. The number of aliphatic carboxylic acids is 1. The molecule has 0 spiro atoms. The maximum atomic E-state index is 10.8. The topological polar surface area (TPSA) is 55.8 Å². The van der Waals surface area contributed by atoms with Gasteiger partial charge < -0.3 is 14.6 Å². The molecule has 4 nitrogen and oxygen atoms in total. The lowest BCUT2D eigenvalue weighted by molar-refractivity contribution is -0.136. The number of carboxylic acids is 1. The van der Waals surface area contributed by atoms with Crippen LogP contribution < -0.4 is 9.47 Å².